The lowest BCUT2D eigenvalue weighted by Gasteiger charge is -2.31. The number of carbonyl (C=O) groups is 1. The standard InChI is InChI=1S/C28H31N5OSi/c1-31-13-15-32(16-14-31)20-24-28(34)33-25-11-10-21(12-17-35(2,3)4)18-23(25)27(29-19-26(33)30-24)22-8-6-5-7-9-22/h5-11,18,20H,13-16,19H2,1-4H3/b24-20-. The van der Waals surface area contributed by atoms with Crippen LogP contribution in [0, 0.1) is 11.5 Å². The summed E-state index contributed by atoms with van der Waals surface area (Å²) >= 11 is 0. The minimum Gasteiger partial charge on any atom is -0.373 e. The minimum absolute atomic E-state index is 0.0920. The van der Waals surface area contributed by atoms with Gasteiger partial charge >= 0.3 is 0 Å². The van der Waals surface area contributed by atoms with E-state index in [-0.39, 0.29) is 5.91 Å². The number of amides is 1. The lowest BCUT2D eigenvalue weighted by Crippen LogP contribution is -2.42. The SMILES string of the molecule is CN1CCN(/C=C2\N=C3CN=C(c4ccccc4)c4cc(C#C[Si](C)(C)C)ccc4N3C2=O)CC1. The minimum atomic E-state index is -1.52. The van der Waals surface area contributed by atoms with Gasteiger partial charge in [-0.2, -0.15) is 0 Å². The third-order valence-corrected chi connectivity index (χ3v) is 7.15. The van der Waals surface area contributed by atoms with E-state index in [0.717, 1.165) is 54.3 Å². The van der Waals surface area contributed by atoms with E-state index in [1.807, 2.05) is 36.5 Å². The first-order valence-corrected chi connectivity index (χ1v) is 15.6. The van der Waals surface area contributed by atoms with E-state index in [0.29, 0.717) is 18.1 Å². The lowest BCUT2D eigenvalue weighted by molar-refractivity contribution is -0.114. The van der Waals surface area contributed by atoms with Gasteiger partial charge in [0.15, 0.2) is 0 Å². The predicted octanol–water partition coefficient (Wildman–Crippen LogP) is 3.60. The molecule has 1 fully saturated rings. The van der Waals surface area contributed by atoms with E-state index in [1.54, 1.807) is 4.90 Å². The maximum absolute atomic E-state index is 13.6. The van der Waals surface area contributed by atoms with Crippen LogP contribution in [0.15, 0.2) is 70.4 Å². The molecule has 35 heavy (non-hydrogen) atoms. The highest BCUT2D eigenvalue weighted by atomic mass is 28.3. The number of rotatable bonds is 2. The van der Waals surface area contributed by atoms with E-state index in [1.165, 1.54) is 0 Å². The Morgan fingerprint density at radius 2 is 1.74 bits per heavy atom. The molecule has 0 unspecified atom stereocenters. The number of likely N-dealkylation sites (N-methyl/N-ethyl adjacent to an activating group) is 1. The van der Waals surface area contributed by atoms with Gasteiger partial charge in [0.05, 0.1) is 17.9 Å². The van der Waals surface area contributed by atoms with Gasteiger partial charge in [-0.25, -0.2) is 4.99 Å². The molecular formula is C28H31N5OSi. The quantitative estimate of drug-likeness (QED) is 0.374. The number of piperazine rings is 1. The van der Waals surface area contributed by atoms with Crippen LogP contribution in [0.2, 0.25) is 19.6 Å². The van der Waals surface area contributed by atoms with Crippen LogP contribution < -0.4 is 4.90 Å². The fourth-order valence-electron chi connectivity index (χ4n) is 4.37. The van der Waals surface area contributed by atoms with Gasteiger partial charge in [-0.1, -0.05) is 55.9 Å². The van der Waals surface area contributed by atoms with Gasteiger partial charge in [0.1, 0.15) is 19.6 Å². The third-order valence-electron chi connectivity index (χ3n) is 6.27. The number of hydrogen-bond donors (Lipinski definition) is 0. The van der Waals surface area contributed by atoms with Crippen molar-refractivity contribution in [2.45, 2.75) is 19.6 Å². The fraction of sp³-hybridized carbons (Fsp3) is 0.321. The lowest BCUT2D eigenvalue weighted by atomic mass is 9.98. The zero-order chi connectivity index (χ0) is 24.6. The molecule has 0 atom stereocenters. The molecule has 1 saturated heterocycles. The first-order chi connectivity index (χ1) is 16.8. The number of amidine groups is 1. The van der Waals surface area contributed by atoms with E-state index in [4.69, 9.17) is 9.98 Å². The Kier molecular flexibility index (Phi) is 6.18. The van der Waals surface area contributed by atoms with Crippen molar-refractivity contribution in [2.24, 2.45) is 9.98 Å². The van der Waals surface area contributed by atoms with Crippen molar-refractivity contribution in [3.05, 3.63) is 77.1 Å². The van der Waals surface area contributed by atoms with E-state index >= 15 is 0 Å². The molecule has 3 aliphatic rings. The molecule has 0 aromatic heterocycles. The number of aliphatic imine (C=N–C) groups is 2. The van der Waals surface area contributed by atoms with Crippen LogP contribution >= 0.6 is 0 Å². The molecule has 178 valence electrons. The van der Waals surface area contributed by atoms with Crippen molar-refractivity contribution in [3.63, 3.8) is 0 Å². The number of hydrogen-bond acceptors (Lipinski definition) is 5. The Hall–Kier alpha value is -3.47. The molecule has 0 aliphatic carbocycles. The van der Waals surface area contributed by atoms with Crippen molar-refractivity contribution in [1.29, 1.82) is 0 Å². The van der Waals surface area contributed by atoms with Crippen molar-refractivity contribution in [1.82, 2.24) is 9.80 Å². The van der Waals surface area contributed by atoms with E-state index < -0.39 is 8.07 Å². The van der Waals surface area contributed by atoms with Gasteiger partial charge in [0.25, 0.3) is 5.91 Å². The van der Waals surface area contributed by atoms with Crippen LogP contribution in [0.25, 0.3) is 0 Å². The topological polar surface area (TPSA) is 51.5 Å². The van der Waals surface area contributed by atoms with Crippen molar-refractivity contribution >= 4 is 31.2 Å². The second kappa shape index (κ2) is 9.29. The van der Waals surface area contributed by atoms with Gasteiger partial charge in [-0.05, 0) is 25.2 Å². The van der Waals surface area contributed by atoms with Crippen molar-refractivity contribution in [2.75, 3.05) is 44.7 Å². The van der Waals surface area contributed by atoms with Crippen molar-refractivity contribution in [3.8, 4) is 11.5 Å². The molecular weight excluding hydrogens is 450 g/mol. The van der Waals surface area contributed by atoms with Crippen LogP contribution in [-0.4, -0.2) is 75.1 Å². The average molecular weight is 482 g/mol. The third kappa shape index (κ3) is 4.99. The Balaban J connectivity index is 1.58. The molecule has 2 aromatic rings. The zero-order valence-corrected chi connectivity index (χ0v) is 21.9. The van der Waals surface area contributed by atoms with Crippen LogP contribution in [0.4, 0.5) is 5.69 Å². The summed E-state index contributed by atoms with van der Waals surface area (Å²) in [5.41, 5.74) is 8.49. The summed E-state index contributed by atoms with van der Waals surface area (Å²) in [6, 6.07) is 16.2. The molecule has 0 saturated carbocycles. The summed E-state index contributed by atoms with van der Waals surface area (Å²) in [7, 11) is 0.598. The summed E-state index contributed by atoms with van der Waals surface area (Å²) in [6.45, 7) is 10.8. The van der Waals surface area contributed by atoms with E-state index in [9.17, 15) is 4.79 Å². The highest BCUT2D eigenvalue weighted by Crippen LogP contribution is 2.32. The highest BCUT2D eigenvalue weighted by Gasteiger charge is 2.36. The maximum atomic E-state index is 13.6. The zero-order valence-electron chi connectivity index (χ0n) is 20.9. The molecule has 3 heterocycles. The molecule has 7 heteroatoms. The summed E-state index contributed by atoms with van der Waals surface area (Å²) in [5.74, 6) is 3.94. The number of carbonyl (C=O) groups excluding carboxylic acids is 1. The smallest absolute Gasteiger partial charge is 0.284 e. The molecule has 1 amide bonds. The Bertz CT molecular complexity index is 1300. The summed E-state index contributed by atoms with van der Waals surface area (Å²) in [4.78, 5) is 29.6. The van der Waals surface area contributed by atoms with Gasteiger partial charge < -0.3 is 9.80 Å². The summed E-state index contributed by atoms with van der Waals surface area (Å²) < 4.78 is 0. The Morgan fingerprint density at radius 3 is 2.46 bits per heavy atom. The molecule has 0 spiro atoms. The number of benzene rings is 2. The summed E-state index contributed by atoms with van der Waals surface area (Å²) in [6.07, 6.45) is 1.92. The van der Waals surface area contributed by atoms with Gasteiger partial charge in [0.2, 0.25) is 0 Å². The molecule has 5 rings (SSSR count). The highest BCUT2D eigenvalue weighted by molar-refractivity contribution is 6.83. The van der Waals surface area contributed by atoms with E-state index in [2.05, 4.69) is 66.2 Å². The summed E-state index contributed by atoms with van der Waals surface area (Å²) in [5, 5.41) is 0. The Labute approximate surface area is 208 Å². The van der Waals surface area contributed by atoms with Gasteiger partial charge in [-0.3, -0.25) is 14.7 Å². The molecule has 2 aromatic carbocycles. The monoisotopic (exact) mass is 481 g/mol. The van der Waals surface area contributed by atoms with Crippen LogP contribution in [0.5, 0.6) is 0 Å². The molecule has 0 N–H and O–H groups in total. The Morgan fingerprint density at radius 1 is 1.00 bits per heavy atom. The first kappa shape index (κ1) is 23.3. The molecule has 0 radical (unpaired) electrons. The number of fused-ring (bicyclic) bond motifs is 3. The van der Waals surface area contributed by atoms with Gasteiger partial charge in [0, 0.05) is 49.1 Å². The molecule has 0 bridgehead atoms. The van der Waals surface area contributed by atoms with Gasteiger partial charge in [-0.15, -0.1) is 5.54 Å². The number of nitrogens with zero attached hydrogens (tertiary/aromatic N) is 5. The van der Waals surface area contributed by atoms with Crippen molar-refractivity contribution < 1.29 is 4.79 Å². The maximum Gasteiger partial charge on any atom is 0.284 e. The largest absolute Gasteiger partial charge is 0.373 e. The average Bonchev–Trinajstić information content (AvgIpc) is 3.04. The second-order valence-corrected chi connectivity index (χ2v) is 15.0. The number of anilines is 1. The first-order valence-electron chi connectivity index (χ1n) is 12.1. The fourth-order valence-corrected chi connectivity index (χ4v) is 4.89. The normalized spacial score (nSPS) is 19.4. The second-order valence-electron chi connectivity index (χ2n) is 10.3. The van der Waals surface area contributed by atoms with Crippen LogP contribution in [0.3, 0.4) is 0 Å². The molecule has 3 aliphatic heterocycles. The molecule has 6 nitrogen and oxygen atoms in total. The van der Waals surface area contributed by atoms with Crippen LogP contribution in [0.1, 0.15) is 16.7 Å². The predicted molar refractivity (Wildman–Crippen MR) is 146 cm³/mol. The van der Waals surface area contributed by atoms with Crippen LogP contribution in [-0.2, 0) is 4.79 Å².